The molecule has 0 aliphatic carbocycles. The van der Waals surface area contributed by atoms with E-state index in [1.165, 1.54) is 5.56 Å². The molecule has 2 atom stereocenters. The van der Waals surface area contributed by atoms with Crippen molar-refractivity contribution >= 4 is 5.97 Å². The third-order valence-corrected chi connectivity index (χ3v) is 4.96. The van der Waals surface area contributed by atoms with Gasteiger partial charge in [-0.15, -0.1) is 0 Å². The number of hydrogen-bond acceptors (Lipinski definition) is 4. The largest absolute Gasteiger partial charge is 0.497 e. The fourth-order valence-corrected chi connectivity index (χ4v) is 3.61. The summed E-state index contributed by atoms with van der Waals surface area (Å²) in [6.07, 6.45) is 5.31. The van der Waals surface area contributed by atoms with Crippen LogP contribution in [0.25, 0.3) is 0 Å². The Morgan fingerprint density at radius 3 is 2.72 bits per heavy atom. The maximum Gasteiger partial charge on any atom is 0.307 e. The molecule has 1 saturated heterocycles. The number of aliphatic carboxylic acids is 1. The molecule has 0 bridgehead atoms. The zero-order chi connectivity index (χ0) is 17.8. The highest BCUT2D eigenvalue weighted by Crippen LogP contribution is 2.34. The molecule has 0 radical (unpaired) electrons. The molecule has 132 valence electrons. The van der Waals surface area contributed by atoms with Gasteiger partial charge < -0.3 is 9.84 Å². The molecule has 5 nitrogen and oxygen atoms in total. The number of ether oxygens (including phenoxy) is 1. The van der Waals surface area contributed by atoms with Gasteiger partial charge in [0.05, 0.1) is 19.1 Å². The monoisotopic (exact) mass is 340 g/mol. The summed E-state index contributed by atoms with van der Waals surface area (Å²) in [6.45, 7) is 3.51. The molecule has 1 aromatic carbocycles. The van der Waals surface area contributed by atoms with Gasteiger partial charge in [-0.25, -0.2) is 0 Å². The summed E-state index contributed by atoms with van der Waals surface area (Å²) in [5.41, 5.74) is 3.42. The highest BCUT2D eigenvalue weighted by Gasteiger charge is 2.31. The predicted octanol–water partition coefficient (Wildman–Crippen LogP) is 3.28. The Balaban J connectivity index is 1.99. The molecule has 25 heavy (non-hydrogen) atoms. The van der Waals surface area contributed by atoms with E-state index >= 15 is 0 Å². The van der Waals surface area contributed by atoms with Crippen molar-refractivity contribution < 1.29 is 14.6 Å². The Bertz CT molecular complexity index is 730. The Kier molecular flexibility index (Phi) is 5.34. The highest BCUT2D eigenvalue weighted by atomic mass is 16.5. The number of carboxylic acids is 1. The standard InChI is InChI=1S/C20H24N2O3/c1-14-12-21-10-9-18(14)19(15-5-7-17(25-2)8-6-15)22-11-3-4-16(13-22)20(23)24/h5-10,12,16,19H,3-4,11,13H2,1-2H3,(H,23,24). The Labute approximate surface area is 148 Å². The van der Waals surface area contributed by atoms with Crippen LogP contribution in [0.5, 0.6) is 5.75 Å². The maximum absolute atomic E-state index is 11.5. The number of carboxylic acid groups (broad SMARTS) is 1. The number of nitrogens with zero attached hydrogens (tertiary/aromatic N) is 2. The lowest BCUT2D eigenvalue weighted by Crippen LogP contribution is -2.41. The zero-order valence-corrected chi connectivity index (χ0v) is 14.7. The molecule has 1 aliphatic heterocycles. The molecule has 0 spiro atoms. The van der Waals surface area contributed by atoms with Crippen LogP contribution in [0.2, 0.25) is 0 Å². The molecule has 3 rings (SSSR count). The Morgan fingerprint density at radius 2 is 2.08 bits per heavy atom. The predicted molar refractivity (Wildman–Crippen MR) is 95.7 cm³/mol. The van der Waals surface area contributed by atoms with Crippen molar-refractivity contribution in [1.82, 2.24) is 9.88 Å². The second kappa shape index (κ2) is 7.66. The van der Waals surface area contributed by atoms with E-state index < -0.39 is 5.97 Å². The highest BCUT2D eigenvalue weighted by molar-refractivity contribution is 5.70. The molecule has 1 fully saturated rings. The molecule has 5 heteroatoms. The van der Waals surface area contributed by atoms with Crippen molar-refractivity contribution in [2.75, 3.05) is 20.2 Å². The van der Waals surface area contributed by atoms with E-state index in [1.54, 1.807) is 13.3 Å². The van der Waals surface area contributed by atoms with E-state index in [0.29, 0.717) is 6.54 Å². The fourth-order valence-electron chi connectivity index (χ4n) is 3.61. The van der Waals surface area contributed by atoms with E-state index in [9.17, 15) is 9.90 Å². The average Bonchev–Trinajstić information content (AvgIpc) is 2.64. The van der Waals surface area contributed by atoms with Crippen LogP contribution in [0.4, 0.5) is 0 Å². The number of hydrogen-bond donors (Lipinski definition) is 1. The number of piperidine rings is 1. The number of pyridine rings is 1. The van der Waals surface area contributed by atoms with Gasteiger partial charge in [-0.05, 0) is 61.2 Å². The summed E-state index contributed by atoms with van der Waals surface area (Å²) in [4.78, 5) is 18.0. The Morgan fingerprint density at radius 1 is 1.32 bits per heavy atom. The smallest absolute Gasteiger partial charge is 0.307 e. The van der Waals surface area contributed by atoms with Gasteiger partial charge in [0.2, 0.25) is 0 Å². The van der Waals surface area contributed by atoms with E-state index in [4.69, 9.17) is 4.74 Å². The fraction of sp³-hybridized carbons (Fsp3) is 0.400. The first-order valence-electron chi connectivity index (χ1n) is 8.61. The lowest BCUT2D eigenvalue weighted by molar-refractivity contribution is -0.143. The van der Waals surface area contributed by atoms with Crippen molar-refractivity contribution in [3.05, 3.63) is 59.4 Å². The molecule has 0 amide bonds. The third kappa shape index (κ3) is 3.82. The SMILES string of the molecule is COc1ccc(C(c2ccncc2C)N2CCCC(C(=O)O)C2)cc1. The average molecular weight is 340 g/mol. The Hall–Kier alpha value is -2.40. The van der Waals surface area contributed by atoms with Gasteiger partial charge in [0.1, 0.15) is 5.75 Å². The molecule has 2 heterocycles. The lowest BCUT2D eigenvalue weighted by atomic mass is 9.90. The maximum atomic E-state index is 11.5. The van der Waals surface area contributed by atoms with Crippen LogP contribution >= 0.6 is 0 Å². The quantitative estimate of drug-likeness (QED) is 0.905. The van der Waals surface area contributed by atoms with Crippen LogP contribution < -0.4 is 4.74 Å². The minimum absolute atomic E-state index is 0.0241. The first-order valence-corrected chi connectivity index (χ1v) is 8.61. The van der Waals surface area contributed by atoms with Gasteiger partial charge in [0, 0.05) is 18.9 Å². The van der Waals surface area contributed by atoms with Gasteiger partial charge in [-0.2, -0.15) is 0 Å². The van der Waals surface area contributed by atoms with Crippen LogP contribution in [0, 0.1) is 12.8 Å². The van der Waals surface area contributed by atoms with Crippen LogP contribution in [-0.2, 0) is 4.79 Å². The third-order valence-electron chi connectivity index (χ3n) is 4.96. The second-order valence-electron chi connectivity index (χ2n) is 6.58. The summed E-state index contributed by atoms with van der Waals surface area (Å²) < 4.78 is 5.27. The first kappa shape index (κ1) is 17.4. The van der Waals surface area contributed by atoms with E-state index in [2.05, 4.69) is 28.9 Å². The number of rotatable bonds is 5. The number of aromatic nitrogens is 1. The minimum atomic E-state index is -0.704. The van der Waals surface area contributed by atoms with Crippen LogP contribution in [-0.4, -0.2) is 41.2 Å². The summed E-state index contributed by atoms with van der Waals surface area (Å²) in [5, 5.41) is 9.45. The van der Waals surface area contributed by atoms with Gasteiger partial charge in [-0.1, -0.05) is 12.1 Å². The number of benzene rings is 1. The first-order chi connectivity index (χ1) is 12.1. The normalized spacial score (nSPS) is 19.4. The summed E-state index contributed by atoms with van der Waals surface area (Å²) >= 11 is 0. The van der Waals surface area contributed by atoms with E-state index in [1.807, 2.05) is 24.4 Å². The zero-order valence-electron chi connectivity index (χ0n) is 14.7. The molecule has 0 saturated carbocycles. The summed E-state index contributed by atoms with van der Waals surface area (Å²) in [6, 6.07) is 10.1. The van der Waals surface area contributed by atoms with E-state index in [-0.39, 0.29) is 12.0 Å². The van der Waals surface area contributed by atoms with Crippen molar-refractivity contribution in [1.29, 1.82) is 0 Å². The summed E-state index contributed by atoms with van der Waals surface area (Å²) in [7, 11) is 1.65. The number of likely N-dealkylation sites (tertiary alicyclic amines) is 1. The molecule has 1 aromatic heterocycles. The topological polar surface area (TPSA) is 62.7 Å². The lowest BCUT2D eigenvalue weighted by Gasteiger charge is -2.38. The van der Waals surface area contributed by atoms with Gasteiger partial charge in [-0.3, -0.25) is 14.7 Å². The van der Waals surface area contributed by atoms with Gasteiger partial charge in [0.25, 0.3) is 0 Å². The van der Waals surface area contributed by atoms with Crippen molar-refractivity contribution in [2.45, 2.75) is 25.8 Å². The van der Waals surface area contributed by atoms with Crippen molar-refractivity contribution in [3.63, 3.8) is 0 Å². The number of methoxy groups -OCH3 is 1. The molecule has 2 unspecified atom stereocenters. The van der Waals surface area contributed by atoms with Crippen molar-refractivity contribution in [2.24, 2.45) is 5.92 Å². The molecular weight excluding hydrogens is 316 g/mol. The van der Waals surface area contributed by atoms with E-state index in [0.717, 1.165) is 36.3 Å². The summed E-state index contributed by atoms with van der Waals surface area (Å²) in [5.74, 6) is -0.197. The van der Waals surface area contributed by atoms with Crippen LogP contribution in [0.15, 0.2) is 42.7 Å². The van der Waals surface area contributed by atoms with Gasteiger partial charge >= 0.3 is 5.97 Å². The molecule has 1 aliphatic rings. The molecule has 1 N–H and O–H groups in total. The van der Waals surface area contributed by atoms with Crippen molar-refractivity contribution in [3.8, 4) is 5.75 Å². The molecular formula is C20H24N2O3. The second-order valence-corrected chi connectivity index (χ2v) is 6.58. The minimum Gasteiger partial charge on any atom is -0.497 e. The number of carbonyl (C=O) groups is 1. The van der Waals surface area contributed by atoms with Crippen LogP contribution in [0.3, 0.4) is 0 Å². The van der Waals surface area contributed by atoms with Gasteiger partial charge in [0.15, 0.2) is 0 Å². The van der Waals surface area contributed by atoms with Crippen LogP contribution in [0.1, 0.15) is 35.6 Å². The molecule has 2 aromatic rings. The number of aryl methyl sites for hydroxylation is 1.